The van der Waals surface area contributed by atoms with Crippen molar-refractivity contribution in [2.24, 2.45) is 5.73 Å². The molecule has 4 N–H and O–H groups in total. The molecule has 41 heavy (non-hydrogen) atoms. The Hall–Kier alpha value is -3.68. The molecule has 0 aliphatic carbocycles. The van der Waals surface area contributed by atoms with Crippen LogP contribution in [0.2, 0.25) is 0 Å². The number of rotatable bonds is 11. The van der Waals surface area contributed by atoms with Crippen molar-refractivity contribution in [1.82, 2.24) is 19.6 Å². The fraction of sp³-hybridized carbons (Fsp3) is 0.464. The highest BCUT2D eigenvalue weighted by Crippen LogP contribution is 2.28. The van der Waals surface area contributed by atoms with Gasteiger partial charge in [0.2, 0.25) is 15.9 Å². The summed E-state index contributed by atoms with van der Waals surface area (Å²) in [4.78, 5) is 36.5. The number of fused-ring (bicyclic) bond motifs is 1. The summed E-state index contributed by atoms with van der Waals surface area (Å²) < 4.78 is 40.3. The number of nitrogens with two attached hydrogens (primary N) is 1. The maximum absolute atomic E-state index is 13.9. The zero-order valence-electron chi connectivity index (χ0n) is 23.6. The van der Waals surface area contributed by atoms with Gasteiger partial charge >= 0.3 is 6.16 Å². The number of aromatic amines is 1. The Morgan fingerprint density at radius 2 is 2.02 bits per heavy atom. The summed E-state index contributed by atoms with van der Waals surface area (Å²) in [5.74, 6) is 0.0386. The van der Waals surface area contributed by atoms with Crippen molar-refractivity contribution in [2.45, 2.75) is 62.2 Å². The number of hydrogen-bond donors (Lipinski definition) is 3. The van der Waals surface area contributed by atoms with Gasteiger partial charge in [-0.2, -0.15) is 4.72 Å². The zero-order valence-corrected chi connectivity index (χ0v) is 24.4. The Morgan fingerprint density at radius 3 is 2.73 bits per heavy atom. The van der Waals surface area contributed by atoms with E-state index in [1.807, 2.05) is 37.2 Å². The lowest BCUT2D eigenvalue weighted by molar-refractivity contribution is -0.148. The Bertz CT molecular complexity index is 1450. The summed E-state index contributed by atoms with van der Waals surface area (Å²) in [5, 5.41) is 1.65. The van der Waals surface area contributed by atoms with Gasteiger partial charge in [0.25, 0.3) is 0 Å². The molecule has 4 rings (SSSR count). The molecular formula is C28H38N6O6S. The third-order valence-corrected chi connectivity index (χ3v) is 8.55. The van der Waals surface area contributed by atoms with E-state index >= 15 is 0 Å². The molecule has 2 heterocycles. The van der Waals surface area contributed by atoms with Crippen molar-refractivity contribution in [1.29, 1.82) is 0 Å². The van der Waals surface area contributed by atoms with Crippen LogP contribution in [0.5, 0.6) is 0 Å². The minimum atomic E-state index is -4.13. The van der Waals surface area contributed by atoms with E-state index in [4.69, 9.17) is 15.2 Å². The topological polar surface area (TPSA) is 160 Å². The molecule has 3 aromatic rings. The summed E-state index contributed by atoms with van der Waals surface area (Å²) >= 11 is 0. The molecule has 0 bridgehead atoms. The van der Waals surface area contributed by atoms with Crippen molar-refractivity contribution in [3.63, 3.8) is 0 Å². The van der Waals surface area contributed by atoms with Crippen molar-refractivity contribution < 1.29 is 27.5 Å². The number of likely N-dealkylation sites (tertiary alicyclic amines) is 1. The number of H-pyrrole nitrogens is 1. The second-order valence-electron chi connectivity index (χ2n) is 10.2. The number of piperidine rings is 1. The van der Waals surface area contributed by atoms with Gasteiger partial charge in [0, 0.05) is 50.5 Å². The van der Waals surface area contributed by atoms with Crippen LogP contribution in [0.15, 0.2) is 53.7 Å². The van der Waals surface area contributed by atoms with Gasteiger partial charge in [-0.25, -0.2) is 18.2 Å². The first-order valence-corrected chi connectivity index (χ1v) is 15.2. The molecule has 0 saturated carbocycles. The smallest absolute Gasteiger partial charge is 0.435 e. The number of sulfonamides is 1. The van der Waals surface area contributed by atoms with E-state index in [0.29, 0.717) is 25.2 Å². The average Bonchev–Trinajstić information content (AvgIpc) is 3.50. The Morgan fingerprint density at radius 1 is 1.22 bits per heavy atom. The van der Waals surface area contributed by atoms with Crippen LogP contribution in [-0.2, 0) is 24.3 Å². The lowest BCUT2D eigenvalue weighted by atomic mass is 10.0. The molecule has 1 saturated heterocycles. The van der Waals surface area contributed by atoms with E-state index < -0.39 is 40.4 Å². The monoisotopic (exact) mass is 586 g/mol. The summed E-state index contributed by atoms with van der Waals surface area (Å²) in [6, 6.07) is 8.85. The first-order chi connectivity index (χ1) is 19.6. The number of imidazole rings is 1. The van der Waals surface area contributed by atoms with Crippen molar-refractivity contribution in [2.75, 3.05) is 32.1 Å². The maximum Gasteiger partial charge on any atom is 0.510 e. The molecule has 0 unspecified atom stereocenters. The number of nitrogens with one attached hydrogen (secondary N) is 2. The molecule has 13 heteroatoms. The van der Waals surface area contributed by atoms with E-state index in [1.165, 1.54) is 11.0 Å². The zero-order chi connectivity index (χ0) is 29.6. The molecule has 0 radical (unpaired) electrons. The van der Waals surface area contributed by atoms with Crippen molar-refractivity contribution in [3.05, 3.63) is 54.6 Å². The largest absolute Gasteiger partial charge is 0.510 e. The van der Waals surface area contributed by atoms with E-state index in [1.54, 1.807) is 31.5 Å². The van der Waals surface area contributed by atoms with Crippen molar-refractivity contribution in [3.8, 4) is 0 Å². The summed E-state index contributed by atoms with van der Waals surface area (Å²) in [7, 11) is -0.285. The normalized spacial score (nSPS) is 17.2. The molecule has 2 aromatic carbocycles. The molecule has 1 amide bonds. The third kappa shape index (κ3) is 7.34. The van der Waals surface area contributed by atoms with Crippen molar-refractivity contribution >= 4 is 38.5 Å². The van der Waals surface area contributed by atoms with Crippen LogP contribution in [0.3, 0.4) is 0 Å². The average molecular weight is 587 g/mol. The number of amides is 1. The van der Waals surface area contributed by atoms with E-state index in [9.17, 15) is 18.0 Å². The quantitative estimate of drug-likeness (QED) is 0.287. The highest BCUT2D eigenvalue weighted by Gasteiger charge is 2.36. The van der Waals surface area contributed by atoms with Gasteiger partial charge in [0.1, 0.15) is 11.9 Å². The number of hydrogen-bond acceptors (Lipinski definition) is 9. The van der Waals surface area contributed by atoms with Crippen LogP contribution in [-0.4, -0.2) is 74.9 Å². The second kappa shape index (κ2) is 13.3. The molecular weight excluding hydrogens is 548 g/mol. The van der Waals surface area contributed by atoms with Gasteiger partial charge in [-0.05, 0) is 56.2 Å². The van der Waals surface area contributed by atoms with E-state index in [2.05, 4.69) is 14.7 Å². The fourth-order valence-electron chi connectivity index (χ4n) is 4.99. The van der Waals surface area contributed by atoms with Crippen LogP contribution >= 0.6 is 0 Å². The lowest BCUT2D eigenvalue weighted by Gasteiger charge is -2.36. The standard InChI is InChI=1S/C28H38N6O6S/c1-4-39-28(36)40-25-10-5-6-17-34(25)27(35)23(14-13-22(29)26-30-15-16-31-26)32-41(37,38)20-11-12-21-19(18-20)8-7-9-24(21)33(2)3/h7-9,11-12,15-16,18,22-23,25,32H,4-6,10,13-14,17,29H2,1-3H3,(H,30,31)/t22-,23-,25+/m0/s1. The molecule has 1 aliphatic rings. The number of aromatic nitrogens is 2. The predicted octanol–water partition coefficient (Wildman–Crippen LogP) is 3.27. The van der Waals surface area contributed by atoms with Gasteiger partial charge in [-0.15, -0.1) is 0 Å². The number of benzene rings is 2. The molecule has 1 fully saturated rings. The summed E-state index contributed by atoms with van der Waals surface area (Å²) in [6.45, 7) is 2.11. The molecule has 3 atom stereocenters. The number of nitrogens with zero attached hydrogens (tertiary/aromatic N) is 3. The second-order valence-corrected chi connectivity index (χ2v) is 11.9. The number of carbonyl (C=O) groups is 2. The van der Waals surface area contributed by atoms with Gasteiger partial charge in [-0.3, -0.25) is 4.79 Å². The first kappa shape index (κ1) is 30.3. The van der Waals surface area contributed by atoms with Gasteiger partial charge < -0.3 is 30.0 Å². The molecule has 12 nitrogen and oxygen atoms in total. The predicted molar refractivity (Wildman–Crippen MR) is 155 cm³/mol. The SMILES string of the molecule is CCOC(=O)O[C@@H]1CCCCN1C(=O)[C@H](CC[C@H](N)c1ncc[nH]1)NS(=O)(=O)c1ccc2c(N(C)C)cccc2c1. The van der Waals surface area contributed by atoms with Crippen LogP contribution in [0.25, 0.3) is 10.8 Å². The van der Waals surface area contributed by atoms with Gasteiger partial charge in [0.05, 0.1) is 17.5 Å². The highest BCUT2D eigenvalue weighted by atomic mass is 32.2. The molecule has 1 aliphatic heterocycles. The molecule has 1 aromatic heterocycles. The highest BCUT2D eigenvalue weighted by molar-refractivity contribution is 7.89. The third-order valence-electron chi connectivity index (χ3n) is 7.08. The van der Waals surface area contributed by atoms with Gasteiger partial charge in [0.15, 0.2) is 6.23 Å². The van der Waals surface area contributed by atoms with E-state index in [-0.39, 0.29) is 24.3 Å². The Kier molecular flexibility index (Phi) is 9.84. The summed E-state index contributed by atoms with van der Waals surface area (Å²) in [6.07, 6.45) is 3.73. The van der Waals surface area contributed by atoms with Gasteiger partial charge in [-0.1, -0.05) is 18.2 Å². The Labute approximate surface area is 240 Å². The summed E-state index contributed by atoms with van der Waals surface area (Å²) in [5.41, 5.74) is 7.24. The molecule has 222 valence electrons. The minimum Gasteiger partial charge on any atom is -0.435 e. The van der Waals surface area contributed by atoms with E-state index in [0.717, 1.165) is 22.9 Å². The fourth-order valence-corrected chi connectivity index (χ4v) is 6.25. The number of ether oxygens (including phenoxy) is 2. The lowest BCUT2D eigenvalue weighted by Crippen LogP contribution is -2.54. The first-order valence-electron chi connectivity index (χ1n) is 13.7. The van der Waals surface area contributed by atoms with Crippen LogP contribution in [0.1, 0.15) is 50.9 Å². The molecule has 0 spiro atoms. The maximum atomic E-state index is 13.9. The van der Waals surface area contributed by atoms with Crippen LogP contribution in [0, 0.1) is 0 Å². The van der Waals surface area contributed by atoms with Crippen LogP contribution in [0.4, 0.5) is 10.5 Å². The van der Waals surface area contributed by atoms with Crippen LogP contribution < -0.4 is 15.4 Å². The Balaban J connectivity index is 1.61. The minimum absolute atomic E-state index is 0.0343. The number of carbonyl (C=O) groups excluding carboxylic acids is 2. The number of anilines is 1.